The zero-order valence-electron chi connectivity index (χ0n) is 10.9. The number of nitrogen functional groups attached to an aromatic ring is 1. The topological polar surface area (TPSA) is 29.3 Å². The highest BCUT2D eigenvalue weighted by atomic mass is 19.1. The molecule has 2 rings (SSSR count). The lowest BCUT2D eigenvalue weighted by atomic mass is 9.85. The number of hydrogen-bond acceptors (Lipinski definition) is 2. The number of halogens is 2. The number of hydrogen-bond donors (Lipinski definition) is 1. The standard InChI is InChI=1S/C14H20F2N2/c1-9-5-3-4-6-12(9)18(2)13-8-10(15)7-11(16)14(13)17/h7-9,12H,3-6,17H2,1-2H3. The van der Waals surface area contributed by atoms with Crippen LogP contribution in [0.3, 0.4) is 0 Å². The van der Waals surface area contributed by atoms with E-state index < -0.39 is 11.6 Å². The SMILES string of the molecule is CC1CCCCC1N(C)c1cc(F)cc(F)c1N. The van der Waals surface area contributed by atoms with Crippen LogP contribution in [0.2, 0.25) is 0 Å². The van der Waals surface area contributed by atoms with Crippen molar-refractivity contribution in [3.8, 4) is 0 Å². The van der Waals surface area contributed by atoms with Crippen molar-refractivity contribution in [2.75, 3.05) is 17.7 Å². The first-order valence-electron chi connectivity index (χ1n) is 6.48. The number of anilines is 2. The van der Waals surface area contributed by atoms with Crippen molar-refractivity contribution >= 4 is 11.4 Å². The summed E-state index contributed by atoms with van der Waals surface area (Å²) in [6.45, 7) is 2.19. The molecule has 1 fully saturated rings. The predicted octanol–water partition coefficient (Wildman–Crippen LogP) is 3.56. The molecule has 0 amide bonds. The number of rotatable bonds is 2. The maximum absolute atomic E-state index is 13.5. The van der Waals surface area contributed by atoms with Crippen LogP contribution in [0.25, 0.3) is 0 Å². The fourth-order valence-corrected chi connectivity index (χ4v) is 2.91. The average molecular weight is 254 g/mol. The maximum atomic E-state index is 13.5. The predicted molar refractivity (Wildman–Crippen MR) is 70.6 cm³/mol. The Morgan fingerprint density at radius 3 is 2.56 bits per heavy atom. The third-order valence-corrected chi connectivity index (χ3v) is 4.02. The van der Waals surface area contributed by atoms with Crippen LogP contribution in [-0.4, -0.2) is 13.1 Å². The maximum Gasteiger partial charge on any atom is 0.151 e. The van der Waals surface area contributed by atoms with Crippen molar-refractivity contribution in [3.63, 3.8) is 0 Å². The fraction of sp³-hybridized carbons (Fsp3) is 0.571. The van der Waals surface area contributed by atoms with Crippen LogP contribution in [0.15, 0.2) is 12.1 Å². The Hall–Kier alpha value is -1.32. The molecule has 1 aromatic carbocycles. The van der Waals surface area contributed by atoms with Crippen molar-refractivity contribution in [2.24, 2.45) is 5.92 Å². The van der Waals surface area contributed by atoms with Gasteiger partial charge in [0.05, 0.1) is 11.4 Å². The highest BCUT2D eigenvalue weighted by Crippen LogP contribution is 2.34. The molecule has 0 spiro atoms. The largest absolute Gasteiger partial charge is 0.395 e. The van der Waals surface area contributed by atoms with Gasteiger partial charge < -0.3 is 10.6 Å². The molecular formula is C14H20F2N2. The summed E-state index contributed by atoms with van der Waals surface area (Å²) < 4.78 is 26.8. The van der Waals surface area contributed by atoms with Crippen LogP contribution in [0.4, 0.5) is 20.2 Å². The van der Waals surface area contributed by atoms with Crippen LogP contribution >= 0.6 is 0 Å². The molecule has 100 valence electrons. The van der Waals surface area contributed by atoms with E-state index in [1.807, 2.05) is 11.9 Å². The Morgan fingerprint density at radius 1 is 1.22 bits per heavy atom. The molecule has 2 N–H and O–H groups in total. The van der Waals surface area contributed by atoms with Gasteiger partial charge in [0.25, 0.3) is 0 Å². The minimum Gasteiger partial charge on any atom is -0.395 e. The van der Waals surface area contributed by atoms with Crippen molar-refractivity contribution in [1.82, 2.24) is 0 Å². The lowest BCUT2D eigenvalue weighted by Crippen LogP contribution is -2.39. The molecule has 0 radical (unpaired) electrons. The quantitative estimate of drug-likeness (QED) is 0.818. The third kappa shape index (κ3) is 2.42. The van der Waals surface area contributed by atoms with E-state index in [0.717, 1.165) is 25.3 Å². The number of benzene rings is 1. The van der Waals surface area contributed by atoms with Crippen LogP contribution in [0, 0.1) is 17.6 Å². The monoisotopic (exact) mass is 254 g/mol. The van der Waals surface area contributed by atoms with Gasteiger partial charge in [-0.05, 0) is 24.8 Å². The molecule has 1 aromatic rings. The highest BCUT2D eigenvalue weighted by molar-refractivity contribution is 5.68. The summed E-state index contributed by atoms with van der Waals surface area (Å²) in [5, 5.41) is 0. The number of nitrogens with zero attached hydrogens (tertiary/aromatic N) is 1. The van der Waals surface area contributed by atoms with Crippen LogP contribution < -0.4 is 10.6 Å². The van der Waals surface area contributed by atoms with E-state index in [9.17, 15) is 8.78 Å². The van der Waals surface area contributed by atoms with Crippen molar-refractivity contribution in [3.05, 3.63) is 23.8 Å². The van der Waals surface area contributed by atoms with Gasteiger partial charge in [0.15, 0.2) is 5.82 Å². The van der Waals surface area contributed by atoms with E-state index in [1.54, 1.807) is 0 Å². The fourth-order valence-electron chi connectivity index (χ4n) is 2.91. The van der Waals surface area contributed by atoms with Crippen LogP contribution in [-0.2, 0) is 0 Å². The molecule has 4 heteroatoms. The second-order valence-corrected chi connectivity index (χ2v) is 5.26. The molecule has 1 aliphatic rings. The van der Waals surface area contributed by atoms with E-state index in [-0.39, 0.29) is 5.69 Å². The molecule has 0 saturated heterocycles. The summed E-state index contributed by atoms with van der Waals surface area (Å²) in [4.78, 5) is 1.94. The third-order valence-electron chi connectivity index (χ3n) is 4.02. The molecule has 0 heterocycles. The summed E-state index contributed by atoms with van der Waals surface area (Å²) in [5.74, 6) is -0.734. The Morgan fingerprint density at radius 2 is 1.89 bits per heavy atom. The Bertz CT molecular complexity index is 434. The molecule has 0 bridgehead atoms. The lowest BCUT2D eigenvalue weighted by Gasteiger charge is -2.38. The number of nitrogens with two attached hydrogens (primary N) is 1. The molecule has 2 nitrogen and oxygen atoms in total. The second kappa shape index (κ2) is 5.12. The van der Waals surface area contributed by atoms with Gasteiger partial charge in [-0.3, -0.25) is 0 Å². The molecule has 0 aromatic heterocycles. The molecule has 2 unspecified atom stereocenters. The van der Waals surface area contributed by atoms with Crippen LogP contribution in [0.5, 0.6) is 0 Å². The van der Waals surface area contributed by atoms with Gasteiger partial charge in [0.2, 0.25) is 0 Å². The summed E-state index contributed by atoms with van der Waals surface area (Å²) in [5.41, 5.74) is 6.22. The Labute approximate surface area is 107 Å². The molecule has 18 heavy (non-hydrogen) atoms. The summed E-state index contributed by atoms with van der Waals surface area (Å²) in [6.07, 6.45) is 4.61. The van der Waals surface area contributed by atoms with Crippen molar-refractivity contribution in [2.45, 2.75) is 38.6 Å². The zero-order valence-corrected chi connectivity index (χ0v) is 10.9. The minimum atomic E-state index is -0.680. The summed E-state index contributed by atoms with van der Waals surface area (Å²) in [7, 11) is 1.87. The van der Waals surface area contributed by atoms with E-state index in [2.05, 4.69) is 6.92 Å². The first-order chi connectivity index (χ1) is 8.50. The molecule has 1 saturated carbocycles. The van der Waals surface area contributed by atoms with E-state index in [4.69, 9.17) is 5.73 Å². The second-order valence-electron chi connectivity index (χ2n) is 5.26. The van der Waals surface area contributed by atoms with Crippen molar-refractivity contribution < 1.29 is 8.78 Å². The molecule has 2 atom stereocenters. The first-order valence-corrected chi connectivity index (χ1v) is 6.48. The van der Waals surface area contributed by atoms with Gasteiger partial charge in [-0.25, -0.2) is 8.78 Å². The molecular weight excluding hydrogens is 234 g/mol. The lowest BCUT2D eigenvalue weighted by molar-refractivity contribution is 0.321. The van der Waals surface area contributed by atoms with Gasteiger partial charge >= 0.3 is 0 Å². The summed E-state index contributed by atoms with van der Waals surface area (Å²) in [6, 6.07) is 2.46. The molecule has 0 aliphatic heterocycles. The first kappa shape index (κ1) is 13.1. The van der Waals surface area contributed by atoms with E-state index >= 15 is 0 Å². The molecule has 1 aliphatic carbocycles. The van der Waals surface area contributed by atoms with Crippen molar-refractivity contribution in [1.29, 1.82) is 0 Å². The van der Waals surface area contributed by atoms with Gasteiger partial charge in [-0.15, -0.1) is 0 Å². The zero-order chi connectivity index (χ0) is 13.3. The highest BCUT2D eigenvalue weighted by Gasteiger charge is 2.26. The van der Waals surface area contributed by atoms with Gasteiger partial charge in [0, 0.05) is 19.2 Å². The van der Waals surface area contributed by atoms with Crippen LogP contribution in [0.1, 0.15) is 32.6 Å². The van der Waals surface area contributed by atoms with E-state index in [0.29, 0.717) is 17.6 Å². The van der Waals surface area contributed by atoms with Gasteiger partial charge in [-0.2, -0.15) is 0 Å². The van der Waals surface area contributed by atoms with E-state index in [1.165, 1.54) is 12.5 Å². The Balaban J connectivity index is 2.30. The average Bonchev–Trinajstić information content (AvgIpc) is 2.33. The van der Waals surface area contributed by atoms with Gasteiger partial charge in [0.1, 0.15) is 5.82 Å². The smallest absolute Gasteiger partial charge is 0.151 e. The minimum absolute atomic E-state index is 0.0386. The Kier molecular flexibility index (Phi) is 3.73. The summed E-state index contributed by atoms with van der Waals surface area (Å²) >= 11 is 0. The van der Waals surface area contributed by atoms with Gasteiger partial charge in [-0.1, -0.05) is 19.8 Å². The normalized spacial score (nSPS) is 24.0.